The summed E-state index contributed by atoms with van der Waals surface area (Å²) in [4.78, 5) is 4.17. The summed E-state index contributed by atoms with van der Waals surface area (Å²) >= 11 is 0. The summed E-state index contributed by atoms with van der Waals surface area (Å²) in [5, 5.41) is 6.03. The van der Waals surface area contributed by atoms with Crippen LogP contribution in [0.15, 0.2) is 91.3 Å². The summed E-state index contributed by atoms with van der Waals surface area (Å²) in [6.07, 6.45) is 8.44. The molecule has 4 aromatic rings. The standard InChI is InChI=1S/C28H28N2O2/c1-2-4-25(5-3-1)31-26-11-6-21(7-12-26)19-30-24-9-14-27(15-10-24)32-28-13-8-23-20-29-17-16-22(23)18-28/h1-8,11-13,16-18,20,24,27,30H,9-10,14-15,19H2/t24-,27+. The monoisotopic (exact) mass is 424 g/mol. The van der Waals surface area contributed by atoms with E-state index < -0.39 is 0 Å². The number of nitrogens with zero attached hydrogens (tertiary/aromatic N) is 1. The number of para-hydroxylation sites is 1. The minimum Gasteiger partial charge on any atom is -0.490 e. The normalized spacial score (nSPS) is 18.4. The van der Waals surface area contributed by atoms with Gasteiger partial charge in [-0.05, 0) is 85.2 Å². The van der Waals surface area contributed by atoms with Crippen molar-refractivity contribution in [2.75, 3.05) is 0 Å². The Bertz CT molecular complexity index is 1140. The van der Waals surface area contributed by atoms with Gasteiger partial charge in [0.25, 0.3) is 0 Å². The molecule has 0 unspecified atom stereocenters. The molecule has 0 bridgehead atoms. The second kappa shape index (κ2) is 9.84. The SMILES string of the molecule is c1ccc(Oc2ccc(CN[C@H]3CC[C@@H](Oc4ccc5cnccc5c4)CC3)cc2)cc1. The van der Waals surface area contributed by atoms with E-state index in [4.69, 9.17) is 9.47 Å². The third-order valence-electron chi connectivity index (χ3n) is 6.09. The van der Waals surface area contributed by atoms with E-state index >= 15 is 0 Å². The van der Waals surface area contributed by atoms with Gasteiger partial charge < -0.3 is 14.8 Å². The van der Waals surface area contributed by atoms with Gasteiger partial charge in [0.05, 0.1) is 6.10 Å². The van der Waals surface area contributed by atoms with Crippen molar-refractivity contribution >= 4 is 10.8 Å². The minimum absolute atomic E-state index is 0.293. The molecule has 0 aliphatic heterocycles. The van der Waals surface area contributed by atoms with Crippen molar-refractivity contribution in [2.45, 2.75) is 44.4 Å². The van der Waals surface area contributed by atoms with E-state index in [1.54, 1.807) is 0 Å². The molecule has 0 spiro atoms. The quantitative estimate of drug-likeness (QED) is 0.367. The number of rotatable bonds is 7. The molecule has 0 amide bonds. The Morgan fingerprint density at radius 3 is 2.31 bits per heavy atom. The van der Waals surface area contributed by atoms with Crippen molar-refractivity contribution in [3.8, 4) is 17.2 Å². The highest BCUT2D eigenvalue weighted by Gasteiger charge is 2.22. The van der Waals surface area contributed by atoms with E-state index in [2.05, 4.69) is 40.6 Å². The lowest BCUT2D eigenvalue weighted by Gasteiger charge is -2.29. The van der Waals surface area contributed by atoms with Crippen molar-refractivity contribution < 1.29 is 9.47 Å². The fourth-order valence-corrected chi connectivity index (χ4v) is 4.27. The molecule has 1 saturated carbocycles. The van der Waals surface area contributed by atoms with Crippen LogP contribution in [0.1, 0.15) is 31.2 Å². The van der Waals surface area contributed by atoms with Crippen LogP contribution in [0.4, 0.5) is 0 Å². The highest BCUT2D eigenvalue weighted by Crippen LogP contribution is 2.27. The number of benzene rings is 3. The Morgan fingerprint density at radius 1 is 0.750 bits per heavy atom. The summed E-state index contributed by atoms with van der Waals surface area (Å²) in [7, 11) is 0. The second-order valence-electron chi connectivity index (χ2n) is 8.42. The van der Waals surface area contributed by atoms with Gasteiger partial charge >= 0.3 is 0 Å². The third kappa shape index (κ3) is 5.27. The number of hydrogen-bond acceptors (Lipinski definition) is 4. The smallest absolute Gasteiger partial charge is 0.127 e. The molecule has 0 radical (unpaired) electrons. The van der Waals surface area contributed by atoms with Gasteiger partial charge in [-0.3, -0.25) is 4.98 Å². The van der Waals surface area contributed by atoms with E-state index in [0.717, 1.165) is 54.9 Å². The Balaban J connectivity index is 1.07. The van der Waals surface area contributed by atoms with Gasteiger partial charge in [-0.1, -0.05) is 30.3 Å². The molecule has 0 atom stereocenters. The number of aromatic nitrogens is 1. The molecular weight excluding hydrogens is 396 g/mol. The molecule has 1 aliphatic rings. The predicted octanol–water partition coefficient (Wildman–Crippen LogP) is 6.51. The molecule has 3 aromatic carbocycles. The topological polar surface area (TPSA) is 43.4 Å². The van der Waals surface area contributed by atoms with Crippen LogP contribution in [0.25, 0.3) is 10.8 Å². The van der Waals surface area contributed by atoms with Gasteiger partial charge in [-0.25, -0.2) is 0 Å². The lowest BCUT2D eigenvalue weighted by Crippen LogP contribution is -2.35. The maximum absolute atomic E-state index is 6.27. The average molecular weight is 425 g/mol. The van der Waals surface area contributed by atoms with Crippen molar-refractivity contribution in [2.24, 2.45) is 0 Å². The molecule has 1 heterocycles. The predicted molar refractivity (Wildman–Crippen MR) is 128 cm³/mol. The van der Waals surface area contributed by atoms with Gasteiger partial charge in [0.15, 0.2) is 0 Å². The Morgan fingerprint density at radius 2 is 1.50 bits per heavy atom. The van der Waals surface area contributed by atoms with Crippen LogP contribution in [0.5, 0.6) is 17.2 Å². The fraction of sp³-hybridized carbons (Fsp3) is 0.250. The van der Waals surface area contributed by atoms with Crippen molar-refractivity contribution in [1.29, 1.82) is 0 Å². The van der Waals surface area contributed by atoms with Gasteiger partial charge in [0.1, 0.15) is 17.2 Å². The van der Waals surface area contributed by atoms with E-state index in [-0.39, 0.29) is 0 Å². The van der Waals surface area contributed by atoms with Crippen LogP contribution >= 0.6 is 0 Å². The summed E-state index contributed by atoms with van der Waals surface area (Å²) in [5.41, 5.74) is 1.27. The summed E-state index contributed by atoms with van der Waals surface area (Å²) < 4.78 is 12.1. The van der Waals surface area contributed by atoms with Crippen LogP contribution in [0.2, 0.25) is 0 Å². The van der Waals surface area contributed by atoms with Crippen LogP contribution in [-0.2, 0) is 6.54 Å². The maximum Gasteiger partial charge on any atom is 0.127 e. The van der Waals surface area contributed by atoms with Crippen molar-refractivity contribution in [3.05, 3.63) is 96.8 Å². The first-order valence-corrected chi connectivity index (χ1v) is 11.4. The van der Waals surface area contributed by atoms with Gasteiger partial charge in [-0.2, -0.15) is 0 Å². The van der Waals surface area contributed by atoms with Crippen LogP contribution in [0.3, 0.4) is 0 Å². The van der Waals surface area contributed by atoms with Gasteiger partial charge in [-0.15, -0.1) is 0 Å². The zero-order chi connectivity index (χ0) is 21.6. The zero-order valence-corrected chi connectivity index (χ0v) is 18.1. The van der Waals surface area contributed by atoms with Gasteiger partial charge in [0.2, 0.25) is 0 Å². The summed E-state index contributed by atoms with van der Waals surface area (Å²) in [5.74, 6) is 2.68. The van der Waals surface area contributed by atoms with E-state index in [1.165, 1.54) is 10.9 Å². The average Bonchev–Trinajstić information content (AvgIpc) is 2.85. The maximum atomic E-state index is 6.27. The molecule has 32 heavy (non-hydrogen) atoms. The molecule has 162 valence electrons. The van der Waals surface area contributed by atoms with E-state index in [9.17, 15) is 0 Å². The number of ether oxygens (including phenoxy) is 2. The number of fused-ring (bicyclic) bond motifs is 1. The summed E-state index contributed by atoms with van der Waals surface area (Å²) in [6.45, 7) is 0.876. The minimum atomic E-state index is 0.293. The number of hydrogen-bond donors (Lipinski definition) is 1. The molecule has 1 N–H and O–H groups in total. The van der Waals surface area contributed by atoms with E-state index in [1.807, 2.05) is 60.9 Å². The Hall–Kier alpha value is -3.37. The Labute approximate surface area is 189 Å². The molecular formula is C28H28N2O2. The van der Waals surface area contributed by atoms with Crippen LogP contribution in [0, 0.1) is 0 Å². The highest BCUT2D eigenvalue weighted by atomic mass is 16.5. The van der Waals surface area contributed by atoms with E-state index in [0.29, 0.717) is 12.1 Å². The van der Waals surface area contributed by atoms with Crippen molar-refractivity contribution in [1.82, 2.24) is 10.3 Å². The van der Waals surface area contributed by atoms with Crippen LogP contribution in [-0.4, -0.2) is 17.1 Å². The van der Waals surface area contributed by atoms with Crippen molar-refractivity contribution in [3.63, 3.8) is 0 Å². The number of pyridine rings is 1. The first-order chi connectivity index (χ1) is 15.8. The Kier molecular flexibility index (Phi) is 6.31. The lowest BCUT2D eigenvalue weighted by molar-refractivity contribution is 0.139. The first-order valence-electron chi connectivity index (χ1n) is 11.4. The molecule has 1 fully saturated rings. The van der Waals surface area contributed by atoms with Gasteiger partial charge in [0, 0.05) is 30.4 Å². The summed E-state index contributed by atoms with van der Waals surface area (Å²) in [6, 6.07) is 27.0. The molecule has 0 saturated heterocycles. The molecule has 4 heteroatoms. The molecule has 5 rings (SSSR count). The fourth-order valence-electron chi connectivity index (χ4n) is 4.27. The van der Waals surface area contributed by atoms with Crippen LogP contribution < -0.4 is 14.8 Å². The largest absolute Gasteiger partial charge is 0.490 e. The first kappa shape index (κ1) is 20.5. The molecule has 1 aliphatic carbocycles. The second-order valence-corrected chi connectivity index (χ2v) is 8.42. The molecule has 1 aromatic heterocycles. The molecule has 4 nitrogen and oxygen atoms in total. The lowest BCUT2D eigenvalue weighted by atomic mass is 9.92. The zero-order valence-electron chi connectivity index (χ0n) is 18.1. The highest BCUT2D eigenvalue weighted by molar-refractivity contribution is 5.82. The third-order valence-corrected chi connectivity index (χ3v) is 6.09. The number of nitrogens with one attached hydrogen (secondary N) is 1.